The summed E-state index contributed by atoms with van der Waals surface area (Å²) in [6.45, 7) is -0.237. The van der Waals surface area contributed by atoms with Gasteiger partial charge in [0.15, 0.2) is 11.6 Å². The number of hydrogen-bond donors (Lipinski definition) is 0. The number of piperazine rings is 1. The van der Waals surface area contributed by atoms with Gasteiger partial charge in [0.1, 0.15) is 29.6 Å². The van der Waals surface area contributed by atoms with Crippen LogP contribution in [-0.2, 0) is 19.3 Å². The maximum absolute atomic E-state index is 14.7. The van der Waals surface area contributed by atoms with Gasteiger partial charge in [0.2, 0.25) is 0 Å². The number of hydrogen-bond acceptors (Lipinski definition) is 6. The molecule has 6 rings (SSSR count). The van der Waals surface area contributed by atoms with E-state index >= 15 is 0 Å². The van der Waals surface area contributed by atoms with Crippen molar-refractivity contribution in [3.05, 3.63) is 76.1 Å². The van der Waals surface area contributed by atoms with Crippen LogP contribution in [0, 0.1) is 5.82 Å². The van der Waals surface area contributed by atoms with Gasteiger partial charge in [-0.1, -0.05) is 6.07 Å². The monoisotopic (exact) mass is 570 g/mol. The van der Waals surface area contributed by atoms with Crippen LogP contribution < -0.4 is 19.9 Å². The molecule has 2 saturated heterocycles. The van der Waals surface area contributed by atoms with E-state index in [4.69, 9.17) is 9.47 Å². The maximum atomic E-state index is 14.7. The molecule has 7 nitrogen and oxygen atoms in total. The van der Waals surface area contributed by atoms with E-state index in [1.54, 1.807) is 6.07 Å². The molecule has 0 N–H and O–H groups in total. The van der Waals surface area contributed by atoms with E-state index in [-0.39, 0.29) is 42.0 Å². The second-order valence-electron chi connectivity index (χ2n) is 10.2. The van der Waals surface area contributed by atoms with Crippen molar-refractivity contribution in [1.82, 2.24) is 14.5 Å². The van der Waals surface area contributed by atoms with E-state index in [1.807, 2.05) is 4.90 Å². The number of likely N-dealkylation sites (tertiary alicyclic amines) is 1. The lowest BCUT2D eigenvalue weighted by atomic mass is 10.0. The molecule has 2 aromatic heterocycles. The van der Waals surface area contributed by atoms with Crippen LogP contribution in [0.15, 0.2) is 53.5 Å². The Kier molecular flexibility index (Phi) is 6.02. The minimum atomic E-state index is -4.68. The molecule has 2 bridgehead atoms. The number of benzene rings is 1. The van der Waals surface area contributed by atoms with E-state index < -0.39 is 35.9 Å². The summed E-state index contributed by atoms with van der Waals surface area (Å²) in [5.41, 5.74) is -1.73. The summed E-state index contributed by atoms with van der Waals surface area (Å²) >= 11 is 0. The van der Waals surface area contributed by atoms with Crippen molar-refractivity contribution in [3.8, 4) is 17.2 Å². The van der Waals surface area contributed by atoms with Gasteiger partial charge < -0.3 is 14.4 Å². The van der Waals surface area contributed by atoms with E-state index in [0.29, 0.717) is 37.0 Å². The molecule has 3 aromatic rings. The van der Waals surface area contributed by atoms with Gasteiger partial charge in [-0.3, -0.25) is 19.2 Å². The predicted molar refractivity (Wildman–Crippen MR) is 127 cm³/mol. The highest BCUT2D eigenvalue weighted by Gasteiger charge is 2.59. The third kappa shape index (κ3) is 4.84. The summed E-state index contributed by atoms with van der Waals surface area (Å²) < 4.78 is 105. The Bertz CT molecular complexity index is 1520. The number of anilines is 1. The van der Waals surface area contributed by atoms with Crippen molar-refractivity contribution in [2.75, 3.05) is 24.5 Å². The lowest BCUT2D eigenvalue weighted by Gasteiger charge is -2.38. The van der Waals surface area contributed by atoms with Crippen molar-refractivity contribution >= 4 is 5.82 Å². The van der Waals surface area contributed by atoms with E-state index in [9.17, 15) is 35.5 Å². The van der Waals surface area contributed by atoms with Gasteiger partial charge in [0.25, 0.3) is 5.56 Å². The van der Waals surface area contributed by atoms with Crippen LogP contribution >= 0.6 is 0 Å². The second-order valence-corrected chi connectivity index (χ2v) is 10.2. The topological polar surface area (TPSA) is 59.8 Å². The van der Waals surface area contributed by atoms with Gasteiger partial charge in [-0.05, 0) is 30.2 Å². The second kappa shape index (κ2) is 9.11. The minimum absolute atomic E-state index is 0.124. The Hall–Kier alpha value is -3.81. The molecule has 3 aliphatic heterocycles. The Morgan fingerprint density at radius 2 is 1.80 bits per heavy atom. The molecule has 2 fully saturated rings. The van der Waals surface area contributed by atoms with Crippen molar-refractivity contribution < 1.29 is 40.2 Å². The molecule has 2 atom stereocenters. The number of aromatic nitrogens is 2. The minimum Gasteiger partial charge on any atom is -0.489 e. The van der Waals surface area contributed by atoms with Gasteiger partial charge >= 0.3 is 12.4 Å². The Labute approximate surface area is 222 Å². The number of fused-ring (bicyclic) bond motifs is 3. The molecule has 1 spiro atoms. The van der Waals surface area contributed by atoms with Crippen LogP contribution in [0.25, 0.3) is 0 Å². The Morgan fingerprint density at radius 3 is 2.52 bits per heavy atom. The molecule has 40 heavy (non-hydrogen) atoms. The zero-order valence-electron chi connectivity index (χ0n) is 20.6. The number of alkyl halides is 6. The van der Waals surface area contributed by atoms with Crippen LogP contribution in [-0.4, -0.2) is 51.8 Å². The zero-order chi connectivity index (χ0) is 28.4. The molecule has 5 heterocycles. The predicted octanol–water partition coefficient (Wildman–Crippen LogP) is 4.98. The normalized spacial score (nSPS) is 22.0. The number of rotatable bonds is 6. The highest BCUT2D eigenvalue weighted by atomic mass is 19.4. The molecular formula is C26H21F7N4O3. The smallest absolute Gasteiger partial charge is 0.433 e. The first-order chi connectivity index (χ1) is 18.8. The highest BCUT2D eigenvalue weighted by Crippen LogP contribution is 2.48. The average molecular weight is 570 g/mol. The summed E-state index contributed by atoms with van der Waals surface area (Å²) in [4.78, 5) is 19.5. The van der Waals surface area contributed by atoms with Crippen LogP contribution in [0.3, 0.4) is 0 Å². The Morgan fingerprint density at radius 1 is 1.00 bits per heavy atom. The first-order valence-electron chi connectivity index (χ1n) is 12.3. The van der Waals surface area contributed by atoms with Gasteiger partial charge in [0, 0.05) is 43.5 Å². The zero-order valence-corrected chi connectivity index (χ0v) is 20.6. The summed E-state index contributed by atoms with van der Waals surface area (Å²) in [5, 5.41) is 0. The van der Waals surface area contributed by atoms with E-state index in [1.165, 1.54) is 33.7 Å². The van der Waals surface area contributed by atoms with Crippen molar-refractivity contribution in [2.45, 2.75) is 43.5 Å². The van der Waals surface area contributed by atoms with Gasteiger partial charge in [-0.2, -0.15) is 26.3 Å². The van der Waals surface area contributed by atoms with Crippen LogP contribution in [0.1, 0.15) is 17.7 Å². The van der Waals surface area contributed by atoms with Crippen LogP contribution in [0.5, 0.6) is 17.2 Å². The SMILES string of the molecule is O=c1cc(OCc2ccc(Oc3ccnc(C(F)(F)F)c3)c(F)c2)cc2n1C[C@@]13C[C@@H](CN21)N(CC(F)(F)F)C3. The quantitative estimate of drug-likeness (QED) is 0.390. The first-order valence-corrected chi connectivity index (χ1v) is 12.3. The maximum Gasteiger partial charge on any atom is 0.433 e. The molecule has 1 aromatic carbocycles. The fourth-order valence-corrected chi connectivity index (χ4v) is 5.83. The van der Waals surface area contributed by atoms with Gasteiger partial charge in [0.05, 0.1) is 18.6 Å². The van der Waals surface area contributed by atoms with E-state index in [0.717, 1.165) is 12.3 Å². The molecule has 0 aliphatic carbocycles. The number of pyridine rings is 2. The molecule has 14 heteroatoms. The molecule has 3 aliphatic rings. The molecule has 212 valence electrons. The standard InChI is InChI=1S/C26H21F7N4O3/c27-19-5-15(1-2-20(19)40-17-3-4-34-21(6-17)26(31,32)33)11-39-18-7-22-36(23(38)8-18)13-24-9-16(10-37(22)24)35(12-24)14-25(28,29)30/h1-8,16H,9-14H2/t16-,24-/m0/s1. The Balaban J connectivity index is 1.13. The van der Waals surface area contributed by atoms with Crippen LogP contribution in [0.2, 0.25) is 0 Å². The average Bonchev–Trinajstić information content (AvgIpc) is 3.49. The number of halogens is 7. The lowest BCUT2D eigenvalue weighted by molar-refractivity contribution is -0.148. The molecule has 0 amide bonds. The first kappa shape index (κ1) is 26.4. The van der Waals surface area contributed by atoms with Crippen molar-refractivity contribution in [2.24, 2.45) is 0 Å². The molecular weight excluding hydrogens is 549 g/mol. The van der Waals surface area contributed by atoms with Crippen LogP contribution in [0.4, 0.5) is 36.6 Å². The molecule has 0 unspecified atom stereocenters. The van der Waals surface area contributed by atoms with Gasteiger partial charge in [-0.15, -0.1) is 0 Å². The summed E-state index contributed by atoms with van der Waals surface area (Å²) in [7, 11) is 0. The fraction of sp³-hybridized carbons (Fsp3) is 0.385. The highest BCUT2D eigenvalue weighted by molar-refractivity contribution is 5.55. The largest absolute Gasteiger partial charge is 0.489 e. The molecule has 0 radical (unpaired) electrons. The number of nitrogens with zero attached hydrogens (tertiary/aromatic N) is 4. The van der Waals surface area contributed by atoms with Crippen molar-refractivity contribution in [3.63, 3.8) is 0 Å². The third-order valence-corrected chi connectivity index (χ3v) is 7.44. The third-order valence-electron chi connectivity index (χ3n) is 7.44. The number of ether oxygens (including phenoxy) is 2. The van der Waals surface area contributed by atoms with E-state index in [2.05, 4.69) is 4.98 Å². The molecule has 0 saturated carbocycles. The lowest BCUT2D eigenvalue weighted by Crippen LogP contribution is -2.54. The van der Waals surface area contributed by atoms with Gasteiger partial charge in [-0.25, -0.2) is 4.39 Å². The van der Waals surface area contributed by atoms with Crippen molar-refractivity contribution in [1.29, 1.82) is 0 Å². The fourth-order valence-electron chi connectivity index (χ4n) is 5.83. The summed E-state index contributed by atoms with van der Waals surface area (Å²) in [6, 6.07) is 8.31. The summed E-state index contributed by atoms with van der Waals surface area (Å²) in [6.07, 6.45) is -7.54. The summed E-state index contributed by atoms with van der Waals surface area (Å²) in [5.74, 6) is -0.576.